The summed E-state index contributed by atoms with van der Waals surface area (Å²) in [6, 6.07) is 4.87. The van der Waals surface area contributed by atoms with Crippen LogP contribution in [0.4, 0.5) is 5.69 Å². The molecule has 0 saturated carbocycles. The minimum atomic E-state index is -0.390. The van der Waals surface area contributed by atoms with Gasteiger partial charge in [0.25, 0.3) is 5.69 Å². The van der Waals surface area contributed by atoms with E-state index in [0.29, 0.717) is 0 Å². The van der Waals surface area contributed by atoms with Crippen LogP contribution in [0.5, 0.6) is 0 Å². The van der Waals surface area contributed by atoms with Crippen LogP contribution in [-0.2, 0) is 5.75 Å². The van der Waals surface area contributed by atoms with Crippen molar-refractivity contribution in [3.8, 4) is 5.69 Å². The molecular weight excluding hydrogens is 240 g/mol. The fourth-order valence-electron chi connectivity index (χ4n) is 1.87. The van der Waals surface area contributed by atoms with E-state index in [4.69, 9.17) is 0 Å². The highest BCUT2D eigenvalue weighted by Crippen LogP contribution is 2.36. The molecule has 0 aliphatic carbocycles. The van der Waals surface area contributed by atoms with Gasteiger partial charge in [0.05, 0.1) is 16.4 Å². The van der Waals surface area contributed by atoms with Crippen LogP contribution in [0.2, 0.25) is 0 Å². The quantitative estimate of drug-likeness (QED) is 0.570. The number of rotatable bonds is 1. The van der Waals surface area contributed by atoms with Crippen LogP contribution < -0.4 is 0 Å². The lowest BCUT2D eigenvalue weighted by Gasteiger charge is -2.17. The molecule has 6 nitrogen and oxygen atoms in total. The molecule has 0 atom stereocenters. The SMILES string of the molecule is Cc1nnc2n1-c1cc([N+](=O)[O-])ccc1SC2. The van der Waals surface area contributed by atoms with Crippen LogP contribution in [0.1, 0.15) is 11.6 Å². The second kappa shape index (κ2) is 3.56. The fourth-order valence-corrected chi connectivity index (χ4v) is 2.81. The predicted molar refractivity (Wildman–Crippen MR) is 62.3 cm³/mol. The number of nitrogens with zero attached hydrogens (tertiary/aromatic N) is 4. The lowest BCUT2D eigenvalue weighted by molar-refractivity contribution is -0.384. The van der Waals surface area contributed by atoms with Crippen molar-refractivity contribution in [3.63, 3.8) is 0 Å². The maximum absolute atomic E-state index is 10.8. The average molecular weight is 248 g/mol. The zero-order valence-electron chi connectivity index (χ0n) is 8.95. The number of hydrogen-bond donors (Lipinski definition) is 0. The minimum Gasteiger partial charge on any atom is -0.281 e. The molecule has 0 N–H and O–H groups in total. The predicted octanol–water partition coefficient (Wildman–Crippen LogP) is 2.09. The molecule has 0 unspecified atom stereocenters. The number of aromatic nitrogens is 3. The molecule has 3 rings (SSSR count). The zero-order valence-corrected chi connectivity index (χ0v) is 9.77. The Morgan fingerprint density at radius 2 is 2.29 bits per heavy atom. The van der Waals surface area contributed by atoms with E-state index in [-0.39, 0.29) is 10.6 Å². The summed E-state index contributed by atoms with van der Waals surface area (Å²) in [6.07, 6.45) is 0. The first-order valence-corrected chi connectivity index (χ1v) is 5.98. The van der Waals surface area contributed by atoms with Gasteiger partial charge in [0.1, 0.15) is 11.6 Å². The Balaban J connectivity index is 2.25. The molecule has 17 heavy (non-hydrogen) atoms. The van der Waals surface area contributed by atoms with Gasteiger partial charge in [-0.25, -0.2) is 0 Å². The molecular formula is C10H8N4O2S. The van der Waals surface area contributed by atoms with Gasteiger partial charge in [0.15, 0.2) is 0 Å². The number of thioether (sulfide) groups is 1. The molecule has 1 aliphatic heterocycles. The van der Waals surface area contributed by atoms with Crippen molar-refractivity contribution in [1.82, 2.24) is 14.8 Å². The summed E-state index contributed by atoms with van der Waals surface area (Å²) < 4.78 is 1.87. The number of non-ortho nitro benzene ring substituents is 1. The van der Waals surface area contributed by atoms with Crippen molar-refractivity contribution < 1.29 is 4.92 Å². The average Bonchev–Trinajstić information content (AvgIpc) is 2.70. The highest BCUT2D eigenvalue weighted by molar-refractivity contribution is 7.98. The molecule has 7 heteroatoms. The molecule has 2 aromatic rings. The number of fused-ring (bicyclic) bond motifs is 3. The maximum Gasteiger partial charge on any atom is 0.271 e. The van der Waals surface area contributed by atoms with Gasteiger partial charge >= 0.3 is 0 Å². The van der Waals surface area contributed by atoms with Crippen molar-refractivity contribution in [3.05, 3.63) is 40.0 Å². The third-order valence-electron chi connectivity index (χ3n) is 2.64. The molecule has 0 fully saturated rings. The number of benzene rings is 1. The van der Waals surface area contributed by atoms with E-state index < -0.39 is 0 Å². The molecule has 0 saturated heterocycles. The van der Waals surface area contributed by atoms with E-state index in [9.17, 15) is 10.1 Å². The van der Waals surface area contributed by atoms with Crippen molar-refractivity contribution in [2.45, 2.75) is 17.6 Å². The van der Waals surface area contributed by atoms with Crippen LogP contribution in [0.25, 0.3) is 5.69 Å². The fraction of sp³-hybridized carbons (Fsp3) is 0.200. The van der Waals surface area contributed by atoms with Crippen molar-refractivity contribution in [2.24, 2.45) is 0 Å². The summed E-state index contributed by atoms with van der Waals surface area (Å²) in [6.45, 7) is 1.84. The number of nitro benzene ring substituents is 1. The van der Waals surface area contributed by atoms with E-state index >= 15 is 0 Å². The molecule has 2 heterocycles. The van der Waals surface area contributed by atoms with Gasteiger partial charge in [-0.05, 0) is 13.0 Å². The largest absolute Gasteiger partial charge is 0.281 e. The normalized spacial score (nSPS) is 13.0. The molecule has 1 aromatic heterocycles. The number of hydrogen-bond acceptors (Lipinski definition) is 5. The highest BCUT2D eigenvalue weighted by Gasteiger charge is 2.22. The van der Waals surface area contributed by atoms with Gasteiger partial charge in [-0.15, -0.1) is 22.0 Å². The first-order valence-electron chi connectivity index (χ1n) is 4.99. The van der Waals surface area contributed by atoms with Gasteiger partial charge < -0.3 is 0 Å². The lowest BCUT2D eigenvalue weighted by atomic mass is 10.2. The Hall–Kier alpha value is -1.89. The first-order chi connectivity index (χ1) is 8.16. The second-order valence-corrected chi connectivity index (χ2v) is 4.71. The smallest absolute Gasteiger partial charge is 0.271 e. The second-order valence-electron chi connectivity index (χ2n) is 3.70. The topological polar surface area (TPSA) is 73.8 Å². The molecule has 0 bridgehead atoms. The first kappa shape index (κ1) is 10.3. The van der Waals surface area contributed by atoms with Crippen LogP contribution in [0.15, 0.2) is 23.1 Å². The molecule has 0 amide bonds. The van der Waals surface area contributed by atoms with Crippen molar-refractivity contribution in [2.75, 3.05) is 0 Å². The van der Waals surface area contributed by atoms with Crippen molar-refractivity contribution in [1.29, 1.82) is 0 Å². The van der Waals surface area contributed by atoms with Gasteiger partial charge in [0.2, 0.25) is 0 Å². The third kappa shape index (κ3) is 1.50. The summed E-state index contributed by atoms with van der Waals surface area (Å²) in [7, 11) is 0. The zero-order chi connectivity index (χ0) is 12.0. The Morgan fingerprint density at radius 1 is 1.47 bits per heavy atom. The summed E-state index contributed by atoms with van der Waals surface area (Å²) >= 11 is 1.62. The summed E-state index contributed by atoms with van der Waals surface area (Å²) in [5.41, 5.74) is 0.887. The Labute approximate surface area is 101 Å². The molecule has 1 aromatic carbocycles. The number of nitro groups is 1. The van der Waals surface area contributed by atoms with E-state index in [0.717, 1.165) is 28.0 Å². The lowest BCUT2D eigenvalue weighted by Crippen LogP contribution is -2.08. The van der Waals surface area contributed by atoms with Crippen LogP contribution in [0, 0.1) is 17.0 Å². The minimum absolute atomic E-state index is 0.0882. The monoisotopic (exact) mass is 248 g/mol. The molecule has 1 aliphatic rings. The van der Waals surface area contributed by atoms with E-state index in [1.807, 2.05) is 11.5 Å². The maximum atomic E-state index is 10.8. The van der Waals surface area contributed by atoms with E-state index in [1.165, 1.54) is 6.07 Å². The van der Waals surface area contributed by atoms with E-state index in [2.05, 4.69) is 10.2 Å². The van der Waals surface area contributed by atoms with Crippen LogP contribution >= 0.6 is 11.8 Å². The third-order valence-corrected chi connectivity index (χ3v) is 3.70. The molecule has 86 valence electrons. The van der Waals surface area contributed by atoms with E-state index in [1.54, 1.807) is 23.9 Å². The van der Waals surface area contributed by atoms with Gasteiger partial charge in [-0.2, -0.15) is 0 Å². The van der Waals surface area contributed by atoms with Crippen molar-refractivity contribution >= 4 is 17.4 Å². The van der Waals surface area contributed by atoms with Gasteiger partial charge in [-0.1, -0.05) is 0 Å². The van der Waals surface area contributed by atoms with Crippen LogP contribution in [0.3, 0.4) is 0 Å². The van der Waals surface area contributed by atoms with Gasteiger partial charge in [0, 0.05) is 17.0 Å². The molecule has 0 radical (unpaired) electrons. The standard InChI is InChI=1S/C10H8N4O2S/c1-6-11-12-10-5-17-9-3-2-7(14(15)16)4-8(9)13(6)10/h2-4H,5H2,1H3. The highest BCUT2D eigenvalue weighted by atomic mass is 32.2. The Kier molecular flexibility index (Phi) is 2.15. The Bertz CT molecular complexity index is 623. The molecule has 0 spiro atoms. The van der Waals surface area contributed by atoms with Crippen LogP contribution in [-0.4, -0.2) is 19.7 Å². The Morgan fingerprint density at radius 3 is 3.06 bits per heavy atom. The summed E-state index contributed by atoms with van der Waals surface area (Å²) in [5, 5.41) is 18.8. The summed E-state index contributed by atoms with van der Waals surface area (Å²) in [5.74, 6) is 2.33. The number of aryl methyl sites for hydroxylation is 1. The van der Waals surface area contributed by atoms with Gasteiger partial charge in [-0.3, -0.25) is 14.7 Å². The summed E-state index contributed by atoms with van der Waals surface area (Å²) in [4.78, 5) is 11.4.